The van der Waals surface area contributed by atoms with Crippen molar-refractivity contribution in [2.45, 2.75) is 158 Å². The lowest BCUT2D eigenvalue weighted by molar-refractivity contribution is -0.364. The number of rotatable bonds is 27. The molecular weight excluding hydrogens is 1560 g/mol. The van der Waals surface area contributed by atoms with Gasteiger partial charge in [0.1, 0.15) is 48.8 Å². The van der Waals surface area contributed by atoms with Gasteiger partial charge in [0, 0.05) is 79.7 Å². The Morgan fingerprint density at radius 3 is 1.36 bits per heavy atom. The number of quaternary nitrogens is 1. The van der Waals surface area contributed by atoms with Crippen LogP contribution >= 0.6 is 52.4 Å². The molecule has 0 radical (unpaired) electrons. The normalized spacial score (nSPS) is 30.4. The summed E-state index contributed by atoms with van der Waals surface area (Å²) in [6.07, 6.45) is -12.7. The molecule has 13 unspecified atom stereocenters. The molecule has 0 bridgehead atoms. The standard InChI is InChI=1S/C37H45NO15S2.C35H43NO14S2.CH5P.ClH/c1-17(40)38-6-8-55-54-7-4-5-28(41)52-33-20(13-39)9-19(10-26(33)45-3)29-21-11-24-25(49-16-48-24)12-22(21)34(23-14-47-36(44)30(23)29)53-37-32(43)31(42)35-27(51-37)15-46-18(2)50-35;1-16-43-14-25-33(47-16)29(39)30(40)35(48-25)50-32-20-11-23-22(45-15-46-23)10-19(20)27(28-21(32)13-44-34(28)41)17-8-18(12-37)31(24(9-17)42-2)49-26(38)4-3-6-51-52-7-5-36;1-2;/h9-12,18,23,27,29-32,34-35,37,39,42-43H,4-8,13-16H2,1-3H3,(H,38,40);8-11,16,21,25,27-30,32-33,35,37,39-40H,3-7,12-15,36H2,1-2H3;2H2,1H3;1H/t18?,23-,27?,29+,30-,31?,32?,34+,35?,37?;16?,21-,25?,27+,28-,29?,30?,32+,33?,35?;;/m00../s1/i;;1D;. The summed E-state index contributed by atoms with van der Waals surface area (Å²) in [4.78, 5) is 64.2. The van der Waals surface area contributed by atoms with Crippen LogP contribution in [-0.4, -0.2) is 231 Å². The minimum atomic E-state index is -1.48. The van der Waals surface area contributed by atoms with Crippen LogP contribution in [0.5, 0.6) is 46.0 Å². The molecule has 2 aliphatic carbocycles. The smallest absolute Gasteiger partial charge is 0.311 e. The maximum Gasteiger partial charge on any atom is 0.311 e. The van der Waals surface area contributed by atoms with Crippen LogP contribution in [0, 0.1) is 23.7 Å². The summed E-state index contributed by atoms with van der Waals surface area (Å²) in [6.45, 7) is 5.94. The highest BCUT2D eigenvalue weighted by molar-refractivity contribution is 8.77. The molecule has 21 atom stereocenters. The first-order valence-electron chi connectivity index (χ1n) is 36.6. The maximum absolute atomic E-state index is 13.7. The molecule has 10 aliphatic rings. The Hall–Kier alpha value is -5.45. The number of benzene rings is 4. The number of carbonyl (C=O) groups is 5. The van der Waals surface area contributed by atoms with Crippen molar-refractivity contribution in [1.29, 1.82) is 0 Å². The Bertz CT molecular complexity index is 3850. The first kappa shape index (κ1) is 84.0. The van der Waals surface area contributed by atoms with E-state index >= 15 is 0 Å². The van der Waals surface area contributed by atoms with Crippen LogP contribution in [0.1, 0.15) is 116 Å². The molecule has 1 amide bonds. The van der Waals surface area contributed by atoms with E-state index in [1.165, 1.54) is 21.1 Å². The van der Waals surface area contributed by atoms with Gasteiger partial charge in [-0.2, -0.15) is 0 Å². The van der Waals surface area contributed by atoms with Crippen molar-refractivity contribution < 1.29 is 159 Å². The van der Waals surface area contributed by atoms with Crippen LogP contribution in [-0.2, 0) is 84.6 Å². The van der Waals surface area contributed by atoms with Gasteiger partial charge in [-0.1, -0.05) is 49.8 Å². The summed E-state index contributed by atoms with van der Waals surface area (Å²) in [7, 11) is 11.7. The van der Waals surface area contributed by atoms with Gasteiger partial charge in [-0.15, -0.1) is 9.24 Å². The van der Waals surface area contributed by atoms with Crippen molar-refractivity contribution in [2.75, 3.05) is 97.0 Å². The number of methoxy groups -OCH3 is 2. The number of halogens is 1. The third-order valence-corrected chi connectivity index (χ3v) is 25.2. The summed E-state index contributed by atoms with van der Waals surface area (Å²) >= 11 is 0. The number of amides is 1. The number of aliphatic hydroxyl groups excluding tert-OH is 6. The van der Waals surface area contributed by atoms with Crippen molar-refractivity contribution in [3.05, 3.63) is 93.0 Å². The third kappa shape index (κ3) is 18.7. The molecule has 14 rings (SSSR count). The number of carbonyl (C=O) groups excluding carboxylic acids is 5. The predicted octanol–water partition coefficient (Wildman–Crippen LogP) is 1.24. The van der Waals surface area contributed by atoms with Crippen molar-refractivity contribution in [3.8, 4) is 46.0 Å². The maximum atomic E-state index is 13.7. The Balaban J connectivity index is 0.000000211. The summed E-state index contributed by atoms with van der Waals surface area (Å²) in [5, 5.41) is 68.2. The zero-order valence-corrected chi connectivity index (χ0v) is 66.1. The first-order valence-corrected chi connectivity index (χ1v) is 41.7. The minimum absolute atomic E-state index is 0. The molecule has 10 N–H and O–H groups in total. The van der Waals surface area contributed by atoms with Crippen LogP contribution in [0.25, 0.3) is 0 Å². The fraction of sp³-hybridized carbons (Fsp3) is 0.603. The molecule has 4 aromatic carbocycles. The van der Waals surface area contributed by atoms with E-state index in [0.29, 0.717) is 93.7 Å². The first-order chi connectivity index (χ1) is 53.2. The zero-order chi connectivity index (χ0) is 78.0. The second kappa shape index (κ2) is 39.3. The summed E-state index contributed by atoms with van der Waals surface area (Å²) < 4.78 is 111. The largest absolute Gasteiger partial charge is 1.00 e. The van der Waals surface area contributed by atoms with E-state index in [1.807, 2.05) is 0 Å². The molecule has 606 valence electrons. The van der Waals surface area contributed by atoms with E-state index in [0.717, 1.165) is 23.8 Å². The minimum Gasteiger partial charge on any atom is -1.00 e. The number of fused-ring (bicyclic) bond motifs is 8. The fourth-order valence-electron chi connectivity index (χ4n) is 15.2. The van der Waals surface area contributed by atoms with Gasteiger partial charge in [-0.05, 0) is 109 Å². The predicted molar refractivity (Wildman–Crippen MR) is 394 cm³/mol. The molecule has 37 heteroatoms. The lowest BCUT2D eigenvalue weighted by atomic mass is 9.66. The van der Waals surface area contributed by atoms with E-state index in [-0.39, 0.29) is 99.7 Å². The molecular formula is C73H94ClN2O29PS4. The molecule has 0 spiro atoms. The average molecular weight is 1660 g/mol. The molecule has 110 heavy (non-hydrogen) atoms. The van der Waals surface area contributed by atoms with Crippen molar-refractivity contribution in [1.82, 2.24) is 5.32 Å². The number of hydrogen-bond donors (Lipinski definition) is 8. The van der Waals surface area contributed by atoms with Gasteiger partial charge in [0.25, 0.3) is 0 Å². The van der Waals surface area contributed by atoms with Gasteiger partial charge in [-0.3, -0.25) is 24.0 Å². The molecule has 4 aromatic rings. The average Bonchev–Trinajstić information content (AvgIpc) is 1.74. The Morgan fingerprint density at radius 2 is 0.973 bits per heavy atom. The quantitative estimate of drug-likeness (QED) is 0.0137. The van der Waals surface area contributed by atoms with Gasteiger partial charge in [-0.25, -0.2) is 0 Å². The third-order valence-electron chi connectivity index (χ3n) is 20.2. The van der Waals surface area contributed by atoms with Gasteiger partial charge in [0.15, 0.2) is 71.2 Å². The fourth-order valence-corrected chi connectivity index (χ4v) is 19.2. The van der Waals surface area contributed by atoms with Crippen LogP contribution in [0.15, 0.2) is 48.5 Å². The number of nitrogens with one attached hydrogen (secondary N) is 1. The lowest BCUT2D eigenvalue weighted by Crippen LogP contribution is -3.00. The van der Waals surface area contributed by atoms with Crippen molar-refractivity contribution in [2.24, 2.45) is 23.7 Å². The summed E-state index contributed by atoms with van der Waals surface area (Å²) in [6, 6.07) is 13.9. The molecule has 0 aromatic heterocycles. The SMILES string of the molecule is COc1cc([C@@H]2c3cc4c(cc3[C@@H](OC3OC5COC(C)OC5C(O)C3O)[C@H]3COC(=O)[C@H]23)OCO4)cc(CO)c1OC(=O)CCCSSCCNC(C)=O.COc1cc([C@@H]2c3cc4c(cc3[C@@H](OC3OC5COC(C)OC5C(O)C3O)[C@H]3COC(=O)[C@H]23)OCO4)cc(CO)c1OC(=O)CCCSSCC[NH3+].[2H]CP.[Cl-]. The van der Waals surface area contributed by atoms with Gasteiger partial charge < -0.3 is 139 Å². The van der Waals surface area contributed by atoms with Crippen LogP contribution in [0.3, 0.4) is 0 Å². The monoisotopic (exact) mass is 1660 g/mol. The van der Waals surface area contributed by atoms with Gasteiger partial charge in [0.05, 0.1) is 90.2 Å². The van der Waals surface area contributed by atoms with Crippen molar-refractivity contribution in [3.63, 3.8) is 0 Å². The topological polar surface area (TPSA) is 413 Å². The number of aliphatic hydroxyl groups is 6. The summed E-state index contributed by atoms with van der Waals surface area (Å²) in [5.74, 6) is -0.438. The Labute approximate surface area is 660 Å². The second-order valence-corrected chi connectivity index (χ2v) is 32.4. The van der Waals surface area contributed by atoms with E-state index in [1.54, 1.807) is 106 Å². The Kier molecular flexibility index (Phi) is 30.0. The highest BCUT2D eigenvalue weighted by atomic mass is 35.5. The lowest BCUT2D eigenvalue weighted by Gasteiger charge is -2.47. The van der Waals surface area contributed by atoms with Crippen LogP contribution < -0.4 is 61.4 Å². The number of cyclic esters (lactones) is 2. The highest BCUT2D eigenvalue weighted by Gasteiger charge is 2.59. The number of esters is 4. The molecule has 6 fully saturated rings. The molecule has 8 heterocycles. The number of hydrogen-bond acceptors (Lipinski definition) is 33. The summed E-state index contributed by atoms with van der Waals surface area (Å²) in [5.41, 5.74) is 8.15. The van der Waals surface area contributed by atoms with Gasteiger partial charge >= 0.3 is 23.9 Å². The van der Waals surface area contributed by atoms with E-state index in [2.05, 4.69) is 20.3 Å². The molecule has 0 saturated carbocycles. The van der Waals surface area contributed by atoms with Crippen molar-refractivity contribution >= 4 is 82.2 Å². The van der Waals surface area contributed by atoms with E-state index < -0.39 is 159 Å². The second-order valence-electron chi connectivity index (χ2n) is 26.9. The van der Waals surface area contributed by atoms with E-state index in [9.17, 15) is 54.6 Å². The van der Waals surface area contributed by atoms with Crippen LogP contribution in [0.4, 0.5) is 0 Å². The van der Waals surface area contributed by atoms with E-state index in [4.69, 9.17) is 86.6 Å². The number of ether oxygens (including phenoxy) is 18. The molecule has 8 aliphatic heterocycles. The zero-order valence-electron chi connectivity index (χ0n) is 62.0. The highest BCUT2D eigenvalue weighted by Crippen LogP contribution is 2.59. The molecule has 6 saturated heterocycles. The van der Waals surface area contributed by atoms with Gasteiger partial charge in [0.2, 0.25) is 19.5 Å². The van der Waals surface area contributed by atoms with Crippen LogP contribution in [0.2, 0.25) is 0 Å². The Morgan fingerprint density at radius 1 is 0.573 bits per heavy atom. The molecule has 31 nitrogen and oxygen atoms in total.